The molecular weight excluding hydrogens is 326 g/mol. The lowest BCUT2D eigenvalue weighted by Gasteiger charge is -2.38. The van der Waals surface area contributed by atoms with Crippen LogP contribution in [0.3, 0.4) is 0 Å². The van der Waals surface area contributed by atoms with E-state index in [-0.39, 0.29) is 35.5 Å². The molecule has 0 aromatic carbocycles. The molecule has 2 amide bonds. The highest BCUT2D eigenvalue weighted by Crippen LogP contribution is 2.39. The fourth-order valence-corrected chi connectivity index (χ4v) is 4.44. The summed E-state index contributed by atoms with van der Waals surface area (Å²) in [5.74, 6) is -0.319. The second kappa shape index (κ2) is 6.67. The largest absolute Gasteiger partial charge is 0.416 e. The van der Waals surface area contributed by atoms with Crippen LogP contribution in [0.5, 0.6) is 0 Å². The van der Waals surface area contributed by atoms with Crippen LogP contribution in [-0.4, -0.2) is 53.5 Å². The summed E-state index contributed by atoms with van der Waals surface area (Å²) in [6.45, 7) is 1.85. The highest BCUT2D eigenvalue weighted by molar-refractivity contribution is 5.92. The topological polar surface area (TPSA) is 105 Å². The predicted octanol–water partition coefficient (Wildman–Crippen LogP) is 0.504. The average molecular weight is 349 g/mol. The highest BCUT2D eigenvalue weighted by atomic mass is 16.5. The minimum atomic E-state index is -0.607. The van der Waals surface area contributed by atoms with Gasteiger partial charge in [-0.1, -0.05) is 0 Å². The fourth-order valence-electron chi connectivity index (χ4n) is 4.44. The van der Waals surface area contributed by atoms with Crippen molar-refractivity contribution in [1.29, 1.82) is 0 Å². The van der Waals surface area contributed by atoms with E-state index >= 15 is 0 Å². The molecule has 136 valence electrons. The zero-order chi connectivity index (χ0) is 17.4. The first-order valence-corrected chi connectivity index (χ1v) is 8.97. The number of rotatable bonds is 4. The Labute approximate surface area is 144 Å². The Hall–Kier alpha value is -2.09. The normalized spacial score (nSPS) is 31.3. The summed E-state index contributed by atoms with van der Waals surface area (Å²) in [5.41, 5.74) is 0.217. The maximum absolute atomic E-state index is 12.6. The summed E-state index contributed by atoms with van der Waals surface area (Å²) in [6.07, 6.45) is 5.70. The van der Waals surface area contributed by atoms with Crippen molar-refractivity contribution in [3.63, 3.8) is 0 Å². The summed E-state index contributed by atoms with van der Waals surface area (Å²) >= 11 is 0. The average Bonchev–Trinajstić information content (AvgIpc) is 3.32. The molecule has 4 heterocycles. The number of fused-ring (bicyclic) bond motifs is 2. The van der Waals surface area contributed by atoms with Gasteiger partial charge >= 0.3 is 5.76 Å². The number of amides is 2. The number of nitrogens with zero attached hydrogens (tertiary/aromatic N) is 1. The van der Waals surface area contributed by atoms with E-state index in [9.17, 15) is 14.4 Å². The number of piperidine rings is 1. The molecule has 3 fully saturated rings. The molecule has 25 heavy (non-hydrogen) atoms. The van der Waals surface area contributed by atoms with Crippen LogP contribution in [0, 0.1) is 11.8 Å². The van der Waals surface area contributed by atoms with Crippen molar-refractivity contribution in [2.75, 3.05) is 19.8 Å². The number of nitrogens with one attached hydrogen (secondary N) is 2. The first-order chi connectivity index (χ1) is 12.1. The van der Waals surface area contributed by atoms with E-state index in [4.69, 9.17) is 4.74 Å². The first kappa shape index (κ1) is 16.4. The molecule has 2 bridgehead atoms. The Bertz CT molecular complexity index is 691. The molecule has 4 rings (SSSR count). The van der Waals surface area contributed by atoms with E-state index in [2.05, 4.69) is 14.7 Å². The standard InChI is InChI=1S/C17H23N3O5/c21-15(11-3-4-24-8-11)18-7-10-5-12-1-2-13(6-10)20(12)16(22)14-9-25-17(23)19-14/h9-13H,1-8H2,(H,18,21)(H,19,23)/t10?,11-,12-,13+/m1/s1. The van der Waals surface area contributed by atoms with Gasteiger partial charge in [-0.2, -0.15) is 0 Å². The van der Waals surface area contributed by atoms with Crippen LogP contribution in [0.25, 0.3) is 0 Å². The van der Waals surface area contributed by atoms with Crippen molar-refractivity contribution in [3.05, 3.63) is 22.5 Å². The number of H-pyrrole nitrogens is 1. The smallest absolute Gasteiger partial charge is 0.416 e. The van der Waals surface area contributed by atoms with E-state index in [0.717, 1.165) is 32.1 Å². The van der Waals surface area contributed by atoms with Crippen molar-refractivity contribution in [2.45, 2.75) is 44.2 Å². The maximum atomic E-state index is 12.6. The van der Waals surface area contributed by atoms with E-state index in [0.29, 0.717) is 25.7 Å². The lowest BCUT2D eigenvalue weighted by molar-refractivity contribution is -0.125. The lowest BCUT2D eigenvalue weighted by Crippen LogP contribution is -2.49. The Morgan fingerprint density at radius 2 is 2.00 bits per heavy atom. The minimum absolute atomic E-state index is 0.0173. The van der Waals surface area contributed by atoms with Crippen LogP contribution in [0.4, 0.5) is 0 Å². The van der Waals surface area contributed by atoms with Crippen molar-refractivity contribution >= 4 is 11.8 Å². The summed E-state index contributed by atoms with van der Waals surface area (Å²) in [5, 5.41) is 3.06. The molecule has 1 unspecified atom stereocenters. The summed E-state index contributed by atoms with van der Waals surface area (Å²) < 4.78 is 9.95. The van der Waals surface area contributed by atoms with Crippen molar-refractivity contribution in [3.8, 4) is 0 Å². The van der Waals surface area contributed by atoms with Crippen LogP contribution < -0.4 is 11.1 Å². The number of oxazole rings is 1. The molecule has 3 aliphatic rings. The van der Waals surface area contributed by atoms with Gasteiger partial charge in [-0.3, -0.25) is 14.6 Å². The Kier molecular flexibility index (Phi) is 4.37. The Balaban J connectivity index is 1.34. The molecular formula is C17H23N3O5. The molecule has 0 saturated carbocycles. The van der Waals surface area contributed by atoms with E-state index in [1.807, 2.05) is 4.90 Å². The minimum Gasteiger partial charge on any atom is -0.416 e. The second-order valence-corrected chi connectivity index (χ2v) is 7.30. The maximum Gasteiger partial charge on any atom is 0.416 e. The van der Waals surface area contributed by atoms with Gasteiger partial charge in [0.25, 0.3) is 5.91 Å². The number of carbonyl (C=O) groups is 2. The summed E-state index contributed by atoms with van der Waals surface area (Å²) in [4.78, 5) is 40.2. The lowest BCUT2D eigenvalue weighted by atomic mass is 9.90. The van der Waals surface area contributed by atoms with Crippen molar-refractivity contribution in [1.82, 2.24) is 15.2 Å². The molecule has 3 saturated heterocycles. The SMILES string of the molecule is O=C(NCC1C[C@H]2CC[C@@H](C1)N2C(=O)c1coc(=O)[nH]1)[C@@H]1CCOC1. The van der Waals surface area contributed by atoms with Crippen LogP contribution >= 0.6 is 0 Å². The van der Waals surface area contributed by atoms with Gasteiger partial charge in [0.1, 0.15) is 12.0 Å². The van der Waals surface area contributed by atoms with Crippen LogP contribution in [0.15, 0.2) is 15.5 Å². The van der Waals surface area contributed by atoms with Crippen LogP contribution in [0.2, 0.25) is 0 Å². The number of aromatic nitrogens is 1. The van der Waals surface area contributed by atoms with E-state index in [1.54, 1.807) is 0 Å². The van der Waals surface area contributed by atoms with Gasteiger partial charge in [-0.05, 0) is 38.0 Å². The first-order valence-electron chi connectivity index (χ1n) is 8.97. The predicted molar refractivity (Wildman–Crippen MR) is 87.0 cm³/mol. The zero-order valence-electron chi connectivity index (χ0n) is 14.0. The third kappa shape index (κ3) is 3.22. The molecule has 3 aliphatic heterocycles. The molecule has 2 N–H and O–H groups in total. The van der Waals surface area contributed by atoms with Crippen LogP contribution in [0.1, 0.15) is 42.6 Å². The van der Waals surface area contributed by atoms with E-state index in [1.165, 1.54) is 6.26 Å². The molecule has 0 aliphatic carbocycles. The monoisotopic (exact) mass is 349 g/mol. The van der Waals surface area contributed by atoms with E-state index < -0.39 is 5.76 Å². The Morgan fingerprint density at radius 1 is 1.24 bits per heavy atom. The number of hydrogen-bond donors (Lipinski definition) is 2. The quantitative estimate of drug-likeness (QED) is 0.824. The summed E-state index contributed by atoms with van der Waals surface area (Å²) in [6, 6.07) is 0.336. The number of ether oxygens (including phenoxy) is 1. The third-order valence-corrected chi connectivity index (χ3v) is 5.68. The second-order valence-electron chi connectivity index (χ2n) is 7.30. The van der Waals surface area contributed by atoms with Gasteiger partial charge in [0, 0.05) is 25.2 Å². The fraction of sp³-hybridized carbons (Fsp3) is 0.706. The highest BCUT2D eigenvalue weighted by Gasteiger charge is 2.44. The molecule has 0 spiro atoms. The molecule has 1 aromatic rings. The van der Waals surface area contributed by atoms with Gasteiger partial charge in [0.2, 0.25) is 5.91 Å². The number of carbonyl (C=O) groups excluding carboxylic acids is 2. The molecule has 4 atom stereocenters. The van der Waals surface area contributed by atoms with Gasteiger partial charge < -0.3 is 19.4 Å². The van der Waals surface area contributed by atoms with Crippen LogP contribution in [-0.2, 0) is 9.53 Å². The molecule has 8 heteroatoms. The van der Waals surface area contributed by atoms with Gasteiger partial charge in [-0.25, -0.2) is 4.79 Å². The zero-order valence-corrected chi connectivity index (χ0v) is 14.0. The number of aromatic amines is 1. The number of hydrogen-bond acceptors (Lipinski definition) is 5. The molecule has 0 radical (unpaired) electrons. The van der Waals surface area contributed by atoms with Crippen molar-refractivity contribution in [2.24, 2.45) is 11.8 Å². The van der Waals surface area contributed by atoms with Gasteiger partial charge in [0.15, 0.2) is 0 Å². The Morgan fingerprint density at radius 3 is 2.60 bits per heavy atom. The third-order valence-electron chi connectivity index (χ3n) is 5.68. The molecule has 1 aromatic heterocycles. The molecule has 8 nitrogen and oxygen atoms in total. The summed E-state index contributed by atoms with van der Waals surface area (Å²) in [7, 11) is 0. The van der Waals surface area contributed by atoms with Gasteiger partial charge in [-0.15, -0.1) is 0 Å². The van der Waals surface area contributed by atoms with Crippen molar-refractivity contribution < 1.29 is 18.7 Å². The van der Waals surface area contributed by atoms with Gasteiger partial charge in [0.05, 0.1) is 12.5 Å².